The van der Waals surface area contributed by atoms with Gasteiger partial charge in [0.15, 0.2) is 0 Å². The summed E-state index contributed by atoms with van der Waals surface area (Å²) in [5, 5.41) is 11.1. The first-order chi connectivity index (χ1) is 23.0. The van der Waals surface area contributed by atoms with Crippen LogP contribution in [-0.2, 0) is 19.1 Å². The van der Waals surface area contributed by atoms with Crippen LogP contribution in [0.25, 0.3) is 0 Å². The quantitative estimate of drug-likeness (QED) is 0.0392. The molecule has 1 atom stereocenters. The van der Waals surface area contributed by atoms with E-state index in [1.165, 1.54) is 128 Å². The lowest BCUT2D eigenvalue weighted by molar-refractivity contribution is -0.150. The Morgan fingerprint density at radius 3 is 1.45 bits per heavy atom. The van der Waals surface area contributed by atoms with Crippen LogP contribution in [0, 0.1) is 0 Å². The lowest BCUT2D eigenvalue weighted by atomic mass is 10.0. The van der Waals surface area contributed by atoms with E-state index in [-0.39, 0.29) is 24.5 Å². The molecule has 0 aliphatic rings. The lowest BCUT2D eigenvalue weighted by Gasteiger charge is -2.18. The summed E-state index contributed by atoms with van der Waals surface area (Å²) in [6.45, 7) is 4.18. The van der Waals surface area contributed by atoms with Gasteiger partial charge in [-0.3, -0.25) is 14.4 Å². The van der Waals surface area contributed by atoms with Crippen LogP contribution in [0.15, 0.2) is 12.2 Å². The number of carbonyl (C=O) groups excluding carboxylic acids is 2. The number of amides is 1. The Morgan fingerprint density at radius 2 is 0.957 bits per heavy atom. The third kappa shape index (κ3) is 36.8. The Bertz CT molecular complexity index is 737. The normalized spacial score (nSPS) is 12.0. The molecule has 0 aromatic heterocycles. The van der Waals surface area contributed by atoms with Crippen LogP contribution in [0.3, 0.4) is 0 Å². The molecule has 0 aromatic carbocycles. The highest BCUT2D eigenvalue weighted by molar-refractivity contribution is 5.80. The molecule has 6 nitrogen and oxygen atoms in total. The fraction of sp³-hybridized carbons (Fsp3) is 0.878. The molecular weight excluding hydrogens is 586 g/mol. The van der Waals surface area contributed by atoms with Gasteiger partial charge in [0.05, 0.1) is 0 Å². The fourth-order valence-corrected chi connectivity index (χ4v) is 6.17. The van der Waals surface area contributed by atoms with E-state index in [1.54, 1.807) is 0 Å². The molecule has 276 valence electrons. The van der Waals surface area contributed by atoms with Crippen molar-refractivity contribution in [1.82, 2.24) is 5.32 Å². The van der Waals surface area contributed by atoms with Gasteiger partial charge in [-0.05, 0) is 57.8 Å². The third-order valence-electron chi connectivity index (χ3n) is 9.17. The number of unbranched alkanes of at least 4 members (excludes halogenated alkanes) is 24. The molecule has 2 N–H and O–H groups in total. The molecule has 6 heteroatoms. The van der Waals surface area contributed by atoms with Gasteiger partial charge in [0, 0.05) is 12.8 Å². The van der Waals surface area contributed by atoms with E-state index in [1.807, 2.05) is 0 Å². The summed E-state index contributed by atoms with van der Waals surface area (Å²) < 4.78 is 6.01. The Hall–Kier alpha value is -1.85. The minimum atomic E-state index is -1.01. The molecule has 47 heavy (non-hydrogen) atoms. The molecule has 0 aliphatic heterocycles. The number of hydrogen-bond donors (Lipinski definition) is 2. The average Bonchev–Trinajstić information content (AvgIpc) is 3.05. The molecule has 0 saturated carbocycles. The molecule has 0 fully saturated rings. The molecule has 1 unspecified atom stereocenters. The fourth-order valence-electron chi connectivity index (χ4n) is 6.17. The van der Waals surface area contributed by atoms with Crippen LogP contribution in [0.4, 0.5) is 0 Å². The number of carbonyl (C=O) groups is 3. The van der Waals surface area contributed by atoms with Gasteiger partial charge >= 0.3 is 11.9 Å². The first kappa shape index (κ1) is 45.2. The molecule has 0 saturated heterocycles. The van der Waals surface area contributed by atoms with Crippen molar-refractivity contribution in [3.05, 3.63) is 12.2 Å². The lowest BCUT2D eigenvalue weighted by Crippen LogP contribution is -2.28. The van der Waals surface area contributed by atoms with E-state index in [4.69, 9.17) is 9.84 Å². The summed E-state index contributed by atoms with van der Waals surface area (Å²) in [6, 6.07) is 0. The molecule has 0 heterocycles. The van der Waals surface area contributed by atoms with Gasteiger partial charge in [0.2, 0.25) is 5.91 Å². The predicted molar refractivity (Wildman–Crippen MR) is 199 cm³/mol. The zero-order valence-electron chi connectivity index (χ0n) is 31.1. The second kappa shape index (κ2) is 37.0. The second-order valence-corrected chi connectivity index (χ2v) is 13.9. The summed E-state index contributed by atoms with van der Waals surface area (Å²) in [4.78, 5) is 34.9. The number of esters is 1. The molecule has 1 amide bonds. The maximum absolute atomic E-state index is 12.7. The first-order valence-corrected chi connectivity index (χ1v) is 20.3. The van der Waals surface area contributed by atoms with E-state index in [0.717, 1.165) is 64.2 Å². The number of allylic oxidation sites excluding steroid dienone is 2. The number of hydrogen-bond acceptors (Lipinski definition) is 4. The minimum Gasteiger partial charge on any atom is -0.480 e. The third-order valence-corrected chi connectivity index (χ3v) is 9.17. The highest BCUT2D eigenvalue weighted by Gasteiger charge is 2.14. The summed E-state index contributed by atoms with van der Waals surface area (Å²) >= 11 is 0. The molecule has 0 aliphatic carbocycles. The van der Waals surface area contributed by atoms with Crippen molar-refractivity contribution in [3.63, 3.8) is 0 Å². The topological polar surface area (TPSA) is 92.7 Å². The van der Waals surface area contributed by atoms with Gasteiger partial charge in [-0.15, -0.1) is 0 Å². The van der Waals surface area contributed by atoms with E-state index >= 15 is 0 Å². The van der Waals surface area contributed by atoms with Gasteiger partial charge in [-0.1, -0.05) is 161 Å². The SMILES string of the molecule is CCC/C=C\CCCCCCCC(=O)OC(CCCCCCCCCCCCCCCCC)CCCCCCCC(=O)NCC(=O)O. The number of carboxylic acids is 1. The Kier molecular flexibility index (Phi) is 35.5. The number of aliphatic carboxylic acids is 1. The predicted octanol–water partition coefficient (Wildman–Crippen LogP) is 12.2. The standard InChI is InChI=1S/C41H77NO5/c1-3-5-7-9-11-13-15-16-17-18-19-20-22-25-29-33-38(34-30-26-24-27-31-35-39(43)42-37-40(44)45)47-41(46)36-32-28-23-21-14-12-10-8-6-4-2/h8,10,38H,3-7,9,11-37H2,1-2H3,(H,42,43)(H,44,45)/b10-8-. The van der Waals surface area contributed by atoms with Crippen molar-refractivity contribution in [3.8, 4) is 0 Å². The highest BCUT2D eigenvalue weighted by Crippen LogP contribution is 2.19. The maximum Gasteiger partial charge on any atom is 0.322 e. The smallest absolute Gasteiger partial charge is 0.322 e. The van der Waals surface area contributed by atoms with Crippen LogP contribution in [0.1, 0.15) is 219 Å². The number of carboxylic acid groups (broad SMARTS) is 1. The minimum absolute atomic E-state index is 0.0224. The Labute approximate surface area is 291 Å². The van der Waals surface area contributed by atoms with Gasteiger partial charge in [-0.2, -0.15) is 0 Å². The molecule has 0 aromatic rings. The maximum atomic E-state index is 12.7. The van der Waals surface area contributed by atoms with Crippen LogP contribution in [-0.4, -0.2) is 35.6 Å². The molecule has 0 bridgehead atoms. The zero-order chi connectivity index (χ0) is 34.5. The van der Waals surface area contributed by atoms with Crippen molar-refractivity contribution in [1.29, 1.82) is 0 Å². The largest absolute Gasteiger partial charge is 0.480 e. The molecule has 0 rings (SSSR count). The summed E-state index contributed by atoms with van der Waals surface area (Å²) in [7, 11) is 0. The van der Waals surface area contributed by atoms with E-state index in [9.17, 15) is 14.4 Å². The number of ether oxygens (including phenoxy) is 1. The van der Waals surface area contributed by atoms with Crippen molar-refractivity contribution < 1.29 is 24.2 Å². The van der Waals surface area contributed by atoms with Crippen LogP contribution in [0.5, 0.6) is 0 Å². The average molecular weight is 664 g/mol. The van der Waals surface area contributed by atoms with Gasteiger partial charge in [0.25, 0.3) is 0 Å². The van der Waals surface area contributed by atoms with Gasteiger partial charge in [-0.25, -0.2) is 0 Å². The first-order valence-electron chi connectivity index (χ1n) is 20.3. The van der Waals surface area contributed by atoms with Gasteiger partial charge < -0.3 is 15.2 Å². The van der Waals surface area contributed by atoms with E-state index in [2.05, 4.69) is 31.3 Å². The highest BCUT2D eigenvalue weighted by atomic mass is 16.5. The summed E-state index contributed by atoms with van der Waals surface area (Å²) in [6.07, 6.45) is 41.9. The zero-order valence-corrected chi connectivity index (χ0v) is 31.1. The molecule has 0 radical (unpaired) electrons. The van der Waals surface area contributed by atoms with E-state index in [0.29, 0.717) is 12.8 Å². The number of rotatable bonds is 37. The van der Waals surface area contributed by atoms with E-state index < -0.39 is 5.97 Å². The monoisotopic (exact) mass is 664 g/mol. The number of nitrogens with one attached hydrogen (secondary N) is 1. The Balaban J connectivity index is 4.14. The van der Waals surface area contributed by atoms with Crippen molar-refractivity contribution in [2.75, 3.05) is 6.54 Å². The van der Waals surface area contributed by atoms with Crippen LogP contribution < -0.4 is 5.32 Å². The Morgan fingerprint density at radius 1 is 0.532 bits per heavy atom. The van der Waals surface area contributed by atoms with Gasteiger partial charge in [0.1, 0.15) is 12.6 Å². The molecule has 0 spiro atoms. The molecular formula is C41H77NO5. The van der Waals surface area contributed by atoms with Crippen LogP contribution in [0.2, 0.25) is 0 Å². The van der Waals surface area contributed by atoms with Crippen LogP contribution >= 0.6 is 0 Å². The van der Waals surface area contributed by atoms with Crippen molar-refractivity contribution in [2.45, 2.75) is 225 Å². The van der Waals surface area contributed by atoms with Crippen molar-refractivity contribution >= 4 is 17.8 Å². The summed E-state index contributed by atoms with van der Waals surface area (Å²) in [5.74, 6) is -1.23. The van der Waals surface area contributed by atoms with Crippen molar-refractivity contribution in [2.24, 2.45) is 0 Å². The second-order valence-electron chi connectivity index (χ2n) is 13.9. The summed E-state index contributed by atoms with van der Waals surface area (Å²) in [5.41, 5.74) is 0.